The molecule has 1 rings (SSSR count). The maximum atomic E-state index is 12.7. The standard InChI is InChI=1S/C41H78O9/c1-4-6-8-10-12-14-16-18-20-22-24-26-28-30-36(42)47-32-35(33-48-41-40(46)39(45)38(44)34(3)49-41)50-37(43)31-29-27-25-23-21-19-17-15-13-11-9-7-5-2/h34-35,38-41,44-46H,4-33H2,1-3H3/t34-,35-,38-,39+,40-,41-/m1/s1. The number of carbonyl (C=O) groups excluding carboxylic acids is 2. The lowest BCUT2D eigenvalue weighted by Crippen LogP contribution is -2.57. The third kappa shape index (κ3) is 24.8. The van der Waals surface area contributed by atoms with E-state index >= 15 is 0 Å². The van der Waals surface area contributed by atoms with Crippen LogP contribution in [0.1, 0.15) is 201 Å². The van der Waals surface area contributed by atoms with Crippen molar-refractivity contribution in [3.8, 4) is 0 Å². The highest BCUT2D eigenvalue weighted by Gasteiger charge is 2.42. The number of ether oxygens (including phenoxy) is 4. The Hall–Kier alpha value is -1.26. The molecule has 1 aliphatic rings. The summed E-state index contributed by atoms with van der Waals surface area (Å²) in [6.45, 7) is 5.72. The largest absolute Gasteiger partial charge is 0.462 e. The fraction of sp³-hybridized carbons (Fsp3) is 0.951. The number of esters is 2. The average Bonchev–Trinajstić information content (AvgIpc) is 3.11. The second-order valence-electron chi connectivity index (χ2n) is 14.8. The first-order chi connectivity index (χ1) is 24.3. The van der Waals surface area contributed by atoms with Crippen LogP contribution in [0.2, 0.25) is 0 Å². The summed E-state index contributed by atoms with van der Waals surface area (Å²) in [5.74, 6) is -0.727. The zero-order valence-corrected chi connectivity index (χ0v) is 32.5. The Balaban J connectivity index is 2.31. The van der Waals surface area contributed by atoms with Gasteiger partial charge in [-0.15, -0.1) is 0 Å². The lowest BCUT2D eigenvalue weighted by Gasteiger charge is -2.39. The highest BCUT2D eigenvalue weighted by atomic mass is 16.7. The Labute approximate surface area is 305 Å². The van der Waals surface area contributed by atoms with E-state index in [-0.39, 0.29) is 31.6 Å². The van der Waals surface area contributed by atoms with Gasteiger partial charge in [0.05, 0.1) is 12.7 Å². The van der Waals surface area contributed by atoms with Crippen LogP contribution in [0.4, 0.5) is 0 Å². The molecular formula is C41H78O9. The first kappa shape index (κ1) is 46.8. The quantitative estimate of drug-likeness (QED) is 0.0441. The van der Waals surface area contributed by atoms with E-state index in [1.165, 1.54) is 128 Å². The van der Waals surface area contributed by atoms with Crippen molar-refractivity contribution < 1.29 is 43.9 Å². The first-order valence-electron chi connectivity index (χ1n) is 21.0. The Morgan fingerprint density at radius 2 is 0.900 bits per heavy atom. The predicted octanol–water partition coefficient (Wildman–Crippen LogP) is 9.25. The lowest BCUT2D eigenvalue weighted by molar-refractivity contribution is -0.297. The number of unbranched alkanes of at least 4 members (excludes halogenated alkanes) is 24. The number of carbonyl (C=O) groups is 2. The van der Waals surface area contributed by atoms with Gasteiger partial charge >= 0.3 is 11.9 Å². The van der Waals surface area contributed by atoms with Gasteiger partial charge in [0.25, 0.3) is 0 Å². The van der Waals surface area contributed by atoms with Crippen molar-refractivity contribution in [2.45, 2.75) is 237 Å². The molecule has 0 aromatic rings. The summed E-state index contributed by atoms with van der Waals surface area (Å²) in [6, 6.07) is 0. The fourth-order valence-electron chi connectivity index (χ4n) is 6.55. The zero-order valence-electron chi connectivity index (χ0n) is 32.5. The van der Waals surface area contributed by atoms with Gasteiger partial charge < -0.3 is 34.3 Å². The van der Waals surface area contributed by atoms with E-state index in [1.54, 1.807) is 6.92 Å². The molecule has 0 aromatic carbocycles. The summed E-state index contributed by atoms with van der Waals surface area (Å²) >= 11 is 0. The number of rotatable bonds is 34. The molecule has 1 heterocycles. The number of hydrogen-bond donors (Lipinski definition) is 3. The number of hydrogen-bond acceptors (Lipinski definition) is 9. The van der Waals surface area contributed by atoms with Crippen molar-refractivity contribution in [3.63, 3.8) is 0 Å². The zero-order chi connectivity index (χ0) is 36.7. The summed E-state index contributed by atoms with van der Waals surface area (Å²) in [7, 11) is 0. The molecule has 3 N–H and O–H groups in total. The van der Waals surface area contributed by atoms with Crippen LogP contribution in [0.3, 0.4) is 0 Å². The van der Waals surface area contributed by atoms with E-state index in [1.807, 2.05) is 0 Å². The molecule has 50 heavy (non-hydrogen) atoms. The van der Waals surface area contributed by atoms with E-state index in [0.717, 1.165) is 38.5 Å². The summed E-state index contributed by atoms with van der Waals surface area (Å²) in [4.78, 5) is 25.2. The second kappa shape index (κ2) is 32.4. The molecule has 6 atom stereocenters. The van der Waals surface area contributed by atoms with E-state index in [9.17, 15) is 24.9 Å². The van der Waals surface area contributed by atoms with Gasteiger partial charge in [-0.05, 0) is 19.8 Å². The summed E-state index contributed by atoms with van der Waals surface area (Å²) in [5.41, 5.74) is 0. The molecule has 1 saturated heterocycles. The normalized spacial score (nSPS) is 21.3. The van der Waals surface area contributed by atoms with Gasteiger partial charge in [-0.1, -0.05) is 168 Å². The molecule has 0 bridgehead atoms. The second-order valence-corrected chi connectivity index (χ2v) is 14.8. The van der Waals surface area contributed by atoms with E-state index in [4.69, 9.17) is 18.9 Å². The molecule has 9 nitrogen and oxygen atoms in total. The summed E-state index contributed by atoms with van der Waals surface area (Å²) in [6.07, 6.45) is 25.4. The molecule has 0 spiro atoms. The Morgan fingerprint density at radius 1 is 0.520 bits per heavy atom. The van der Waals surface area contributed by atoms with Crippen LogP contribution in [0.5, 0.6) is 0 Å². The smallest absolute Gasteiger partial charge is 0.306 e. The van der Waals surface area contributed by atoms with Gasteiger partial charge in [0.1, 0.15) is 24.9 Å². The van der Waals surface area contributed by atoms with E-state index in [0.29, 0.717) is 6.42 Å². The SMILES string of the molecule is CCCCCCCCCCCCCCCC(=O)OC[C@H](CO[C@@H]1O[C@H](C)[C@@H](O)[C@H](O)[C@H]1O)OC(=O)CCCCCCCCCCCCCCC. The maximum absolute atomic E-state index is 12.7. The molecule has 9 heteroatoms. The van der Waals surface area contributed by atoms with Crippen LogP contribution in [0, 0.1) is 0 Å². The van der Waals surface area contributed by atoms with Gasteiger partial charge in [-0.2, -0.15) is 0 Å². The summed E-state index contributed by atoms with van der Waals surface area (Å²) in [5, 5.41) is 30.4. The van der Waals surface area contributed by atoms with Gasteiger partial charge in [-0.25, -0.2) is 0 Å². The molecule has 0 saturated carbocycles. The van der Waals surface area contributed by atoms with Crippen LogP contribution in [0.15, 0.2) is 0 Å². The van der Waals surface area contributed by atoms with Crippen molar-refractivity contribution >= 4 is 11.9 Å². The van der Waals surface area contributed by atoms with Crippen LogP contribution < -0.4 is 0 Å². The Morgan fingerprint density at radius 3 is 1.32 bits per heavy atom. The Kier molecular flexibility index (Phi) is 30.3. The van der Waals surface area contributed by atoms with Crippen LogP contribution in [-0.2, 0) is 28.5 Å². The van der Waals surface area contributed by atoms with E-state index in [2.05, 4.69) is 13.8 Å². The molecule has 0 aliphatic carbocycles. The third-order valence-electron chi connectivity index (χ3n) is 9.95. The highest BCUT2D eigenvalue weighted by molar-refractivity contribution is 5.70. The monoisotopic (exact) mass is 715 g/mol. The predicted molar refractivity (Wildman–Crippen MR) is 200 cm³/mol. The minimum Gasteiger partial charge on any atom is -0.462 e. The fourth-order valence-corrected chi connectivity index (χ4v) is 6.55. The third-order valence-corrected chi connectivity index (χ3v) is 9.95. The minimum atomic E-state index is -1.47. The number of aliphatic hydroxyl groups excluding tert-OH is 3. The van der Waals surface area contributed by atoms with Crippen LogP contribution >= 0.6 is 0 Å². The lowest BCUT2D eigenvalue weighted by atomic mass is 10.0. The molecule has 0 unspecified atom stereocenters. The number of aliphatic hydroxyl groups is 3. The van der Waals surface area contributed by atoms with Gasteiger partial charge in [0, 0.05) is 12.8 Å². The molecule has 296 valence electrons. The van der Waals surface area contributed by atoms with Crippen LogP contribution in [-0.4, -0.2) is 77.3 Å². The van der Waals surface area contributed by atoms with Crippen molar-refractivity contribution in [1.82, 2.24) is 0 Å². The van der Waals surface area contributed by atoms with Crippen molar-refractivity contribution in [1.29, 1.82) is 0 Å². The minimum absolute atomic E-state index is 0.162. The average molecular weight is 715 g/mol. The van der Waals surface area contributed by atoms with Gasteiger partial charge in [0.2, 0.25) is 0 Å². The molecule has 1 aliphatic heterocycles. The van der Waals surface area contributed by atoms with Crippen molar-refractivity contribution in [3.05, 3.63) is 0 Å². The Bertz CT molecular complexity index is 794. The van der Waals surface area contributed by atoms with Crippen molar-refractivity contribution in [2.24, 2.45) is 0 Å². The van der Waals surface area contributed by atoms with E-state index < -0.39 is 36.8 Å². The van der Waals surface area contributed by atoms with Crippen molar-refractivity contribution in [2.75, 3.05) is 13.2 Å². The molecule has 0 amide bonds. The molecule has 1 fully saturated rings. The van der Waals surface area contributed by atoms with Crippen LogP contribution in [0.25, 0.3) is 0 Å². The molecular weight excluding hydrogens is 636 g/mol. The van der Waals surface area contributed by atoms with Gasteiger partial charge in [0.15, 0.2) is 12.4 Å². The summed E-state index contributed by atoms with van der Waals surface area (Å²) < 4.78 is 22.3. The van der Waals surface area contributed by atoms with Gasteiger partial charge in [-0.3, -0.25) is 9.59 Å². The molecule has 0 aromatic heterocycles. The maximum Gasteiger partial charge on any atom is 0.306 e. The highest BCUT2D eigenvalue weighted by Crippen LogP contribution is 2.22. The first-order valence-corrected chi connectivity index (χ1v) is 21.0. The topological polar surface area (TPSA) is 132 Å². The molecule has 0 radical (unpaired) electrons.